The zero-order valence-corrected chi connectivity index (χ0v) is 8.79. The zero-order chi connectivity index (χ0) is 9.97. The zero-order valence-electron chi connectivity index (χ0n) is 8.79. The van der Waals surface area contributed by atoms with Gasteiger partial charge < -0.3 is 10.6 Å². The average molecular weight is 190 g/mol. The van der Waals surface area contributed by atoms with Crippen LogP contribution in [0.15, 0.2) is 18.2 Å². The maximum atomic E-state index is 5.81. The Bertz CT molecular complexity index is 320. The number of nitrogens with two attached hydrogens (primary N) is 1. The van der Waals surface area contributed by atoms with Gasteiger partial charge in [0.25, 0.3) is 0 Å². The van der Waals surface area contributed by atoms with Crippen molar-refractivity contribution in [2.24, 2.45) is 0 Å². The summed E-state index contributed by atoms with van der Waals surface area (Å²) < 4.78 is 0. The Kier molecular flexibility index (Phi) is 2.62. The molecule has 0 spiro atoms. The fourth-order valence-electron chi connectivity index (χ4n) is 2.17. The molecule has 2 nitrogen and oxygen atoms in total. The second-order valence-electron chi connectivity index (χ2n) is 3.98. The van der Waals surface area contributed by atoms with Crippen molar-refractivity contribution in [3.05, 3.63) is 23.8 Å². The molecule has 0 amide bonds. The van der Waals surface area contributed by atoms with Gasteiger partial charge in [0.2, 0.25) is 0 Å². The average Bonchev–Trinajstić information content (AvgIpc) is 2.19. The minimum Gasteiger partial charge on any atom is -0.399 e. The fourth-order valence-corrected chi connectivity index (χ4v) is 2.17. The largest absolute Gasteiger partial charge is 0.399 e. The van der Waals surface area contributed by atoms with Gasteiger partial charge in [-0.2, -0.15) is 0 Å². The summed E-state index contributed by atoms with van der Waals surface area (Å²) in [6.45, 7) is 4.56. The van der Waals surface area contributed by atoms with E-state index in [0.717, 1.165) is 12.2 Å². The Morgan fingerprint density at radius 2 is 2.29 bits per heavy atom. The smallest absolute Gasteiger partial charge is 0.0419 e. The number of nitrogens with zero attached hydrogens (tertiary/aromatic N) is 1. The van der Waals surface area contributed by atoms with Crippen molar-refractivity contribution in [2.45, 2.75) is 26.2 Å². The fraction of sp³-hybridized carbons (Fsp3) is 0.500. The van der Waals surface area contributed by atoms with E-state index in [1.807, 2.05) is 6.07 Å². The first-order valence-electron chi connectivity index (χ1n) is 5.44. The van der Waals surface area contributed by atoms with E-state index in [1.165, 1.54) is 37.1 Å². The van der Waals surface area contributed by atoms with E-state index < -0.39 is 0 Å². The predicted octanol–water partition coefficient (Wildman–Crippen LogP) is 2.43. The van der Waals surface area contributed by atoms with Gasteiger partial charge in [-0.15, -0.1) is 0 Å². The topological polar surface area (TPSA) is 29.3 Å². The lowest BCUT2D eigenvalue weighted by atomic mass is 10.0. The Balaban J connectivity index is 2.32. The molecule has 76 valence electrons. The SMILES string of the molecule is CCCN1CCCc2ccc(N)cc21. The molecule has 1 aliphatic heterocycles. The molecule has 14 heavy (non-hydrogen) atoms. The molecule has 0 unspecified atom stereocenters. The highest BCUT2D eigenvalue weighted by molar-refractivity contribution is 5.62. The molecule has 1 heterocycles. The van der Waals surface area contributed by atoms with Crippen LogP contribution in [-0.2, 0) is 6.42 Å². The standard InChI is InChI=1S/C12H18N2/c1-2-7-14-8-3-4-10-5-6-11(13)9-12(10)14/h5-6,9H,2-4,7-8,13H2,1H3. The second-order valence-corrected chi connectivity index (χ2v) is 3.98. The number of rotatable bonds is 2. The van der Waals surface area contributed by atoms with Crippen LogP contribution in [0, 0.1) is 0 Å². The highest BCUT2D eigenvalue weighted by atomic mass is 15.1. The maximum Gasteiger partial charge on any atom is 0.0419 e. The lowest BCUT2D eigenvalue weighted by Crippen LogP contribution is -2.30. The van der Waals surface area contributed by atoms with Crippen molar-refractivity contribution in [1.82, 2.24) is 0 Å². The summed E-state index contributed by atoms with van der Waals surface area (Å²) in [5.41, 5.74) is 9.51. The number of aryl methyl sites for hydroxylation is 1. The van der Waals surface area contributed by atoms with E-state index in [9.17, 15) is 0 Å². The molecular formula is C12H18N2. The molecule has 1 aliphatic rings. The van der Waals surface area contributed by atoms with Crippen LogP contribution in [0.4, 0.5) is 11.4 Å². The van der Waals surface area contributed by atoms with Gasteiger partial charge in [0.15, 0.2) is 0 Å². The Labute approximate surface area is 85.7 Å². The van der Waals surface area contributed by atoms with Crippen LogP contribution >= 0.6 is 0 Å². The van der Waals surface area contributed by atoms with Gasteiger partial charge in [-0.3, -0.25) is 0 Å². The van der Waals surface area contributed by atoms with E-state index in [1.54, 1.807) is 0 Å². The van der Waals surface area contributed by atoms with Crippen LogP contribution in [0.5, 0.6) is 0 Å². The van der Waals surface area contributed by atoms with Crippen LogP contribution < -0.4 is 10.6 Å². The molecule has 2 heteroatoms. The molecular weight excluding hydrogens is 172 g/mol. The highest BCUT2D eigenvalue weighted by Gasteiger charge is 2.15. The number of fused-ring (bicyclic) bond motifs is 1. The summed E-state index contributed by atoms with van der Waals surface area (Å²) in [5, 5.41) is 0. The second kappa shape index (κ2) is 3.91. The summed E-state index contributed by atoms with van der Waals surface area (Å²) in [5.74, 6) is 0. The van der Waals surface area contributed by atoms with Crippen LogP contribution in [-0.4, -0.2) is 13.1 Å². The van der Waals surface area contributed by atoms with Gasteiger partial charge in [0, 0.05) is 24.5 Å². The predicted molar refractivity (Wildman–Crippen MR) is 61.7 cm³/mol. The van der Waals surface area contributed by atoms with E-state index >= 15 is 0 Å². The summed E-state index contributed by atoms with van der Waals surface area (Å²) in [6, 6.07) is 6.30. The third kappa shape index (κ3) is 1.69. The number of hydrogen-bond acceptors (Lipinski definition) is 2. The summed E-state index contributed by atoms with van der Waals surface area (Å²) in [4.78, 5) is 2.45. The normalized spacial score (nSPS) is 15.4. The molecule has 1 aromatic rings. The van der Waals surface area contributed by atoms with Crippen LogP contribution in [0.1, 0.15) is 25.3 Å². The molecule has 2 rings (SSSR count). The van der Waals surface area contributed by atoms with Gasteiger partial charge in [-0.25, -0.2) is 0 Å². The van der Waals surface area contributed by atoms with Crippen molar-refractivity contribution in [3.8, 4) is 0 Å². The Morgan fingerprint density at radius 1 is 1.43 bits per heavy atom. The minimum absolute atomic E-state index is 0.881. The van der Waals surface area contributed by atoms with Crippen LogP contribution in [0.25, 0.3) is 0 Å². The summed E-state index contributed by atoms with van der Waals surface area (Å²) >= 11 is 0. The van der Waals surface area contributed by atoms with Crippen LogP contribution in [0.2, 0.25) is 0 Å². The number of benzene rings is 1. The molecule has 0 aromatic heterocycles. The van der Waals surface area contributed by atoms with E-state index in [0.29, 0.717) is 0 Å². The van der Waals surface area contributed by atoms with E-state index in [-0.39, 0.29) is 0 Å². The summed E-state index contributed by atoms with van der Waals surface area (Å²) in [7, 11) is 0. The van der Waals surface area contributed by atoms with Gasteiger partial charge in [-0.1, -0.05) is 13.0 Å². The molecule has 0 saturated carbocycles. The first kappa shape index (κ1) is 9.38. The van der Waals surface area contributed by atoms with Crippen LogP contribution in [0.3, 0.4) is 0 Å². The molecule has 0 fully saturated rings. The molecule has 2 N–H and O–H groups in total. The lowest BCUT2D eigenvalue weighted by Gasteiger charge is -2.31. The first-order chi connectivity index (χ1) is 6.81. The lowest BCUT2D eigenvalue weighted by molar-refractivity contribution is 0.681. The quantitative estimate of drug-likeness (QED) is 0.726. The maximum absolute atomic E-state index is 5.81. The van der Waals surface area contributed by atoms with Crippen molar-refractivity contribution >= 4 is 11.4 Å². The third-order valence-corrected chi connectivity index (χ3v) is 2.82. The highest BCUT2D eigenvalue weighted by Crippen LogP contribution is 2.28. The van der Waals surface area contributed by atoms with E-state index in [4.69, 9.17) is 5.73 Å². The van der Waals surface area contributed by atoms with Crippen molar-refractivity contribution in [2.75, 3.05) is 23.7 Å². The summed E-state index contributed by atoms with van der Waals surface area (Å²) in [6.07, 6.45) is 3.68. The molecule has 0 bridgehead atoms. The number of hydrogen-bond donors (Lipinski definition) is 1. The Morgan fingerprint density at radius 3 is 3.07 bits per heavy atom. The molecule has 0 atom stereocenters. The van der Waals surface area contributed by atoms with Gasteiger partial charge >= 0.3 is 0 Å². The minimum atomic E-state index is 0.881. The molecule has 0 aliphatic carbocycles. The monoisotopic (exact) mass is 190 g/mol. The third-order valence-electron chi connectivity index (χ3n) is 2.82. The number of anilines is 2. The molecule has 1 aromatic carbocycles. The van der Waals surface area contributed by atoms with Gasteiger partial charge in [0.05, 0.1) is 0 Å². The van der Waals surface area contributed by atoms with Gasteiger partial charge in [0.1, 0.15) is 0 Å². The van der Waals surface area contributed by atoms with Gasteiger partial charge in [-0.05, 0) is 37.0 Å². The first-order valence-corrected chi connectivity index (χ1v) is 5.44. The number of nitrogen functional groups attached to an aromatic ring is 1. The molecule has 0 radical (unpaired) electrons. The Hall–Kier alpha value is -1.18. The van der Waals surface area contributed by atoms with E-state index in [2.05, 4.69) is 24.0 Å². The molecule has 0 saturated heterocycles. The van der Waals surface area contributed by atoms with Crippen molar-refractivity contribution in [1.29, 1.82) is 0 Å². The van der Waals surface area contributed by atoms with Crippen molar-refractivity contribution in [3.63, 3.8) is 0 Å². The van der Waals surface area contributed by atoms with Crippen molar-refractivity contribution < 1.29 is 0 Å².